The molecule has 0 spiro atoms. The molecule has 0 bridgehead atoms. The van der Waals surface area contributed by atoms with E-state index in [1.165, 1.54) is 0 Å². The van der Waals surface area contributed by atoms with E-state index in [-0.39, 0.29) is 12.3 Å². The van der Waals surface area contributed by atoms with Crippen LogP contribution in [0.2, 0.25) is 0 Å². The Morgan fingerprint density at radius 3 is 2.89 bits per heavy atom. The summed E-state index contributed by atoms with van der Waals surface area (Å²) in [6, 6.07) is 5.63. The molecule has 3 N–H and O–H groups in total. The monoisotopic (exact) mass is 313 g/mol. The second-order valence-corrected chi connectivity index (χ2v) is 4.23. The van der Waals surface area contributed by atoms with E-state index in [1.807, 2.05) is 32.0 Å². The zero-order valence-corrected chi connectivity index (χ0v) is 12.0. The number of primary amides is 1. The number of halogens is 1. The molecule has 18 heavy (non-hydrogen) atoms. The van der Waals surface area contributed by atoms with Gasteiger partial charge in [-0.2, -0.15) is 0 Å². The summed E-state index contributed by atoms with van der Waals surface area (Å²) in [7, 11) is 0. The highest BCUT2D eigenvalue weighted by atomic mass is 79.9. The summed E-state index contributed by atoms with van der Waals surface area (Å²) in [6.45, 7) is 4.45. The Bertz CT molecular complexity index is 525. The van der Waals surface area contributed by atoms with Gasteiger partial charge in [-0.15, -0.1) is 0 Å². The topological polar surface area (TPSA) is 81.2 Å². The molecule has 0 aliphatic rings. The van der Waals surface area contributed by atoms with E-state index in [0.717, 1.165) is 9.86 Å². The smallest absolute Gasteiger partial charge is 0.219 e. The highest BCUT2D eigenvalue weighted by Crippen LogP contribution is 2.25. The molecule has 0 atom stereocenters. The zero-order valence-electron chi connectivity index (χ0n) is 10.4. The molecule has 2 rings (SSSR count). The van der Waals surface area contributed by atoms with Gasteiger partial charge in [-0.3, -0.25) is 4.79 Å². The van der Waals surface area contributed by atoms with Crippen molar-refractivity contribution in [2.24, 2.45) is 5.73 Å². The standard InChI is InChI=1S/C10H10BrN3O2.C2H6/c11-6-1-2-7-8(5-6)16-14-10(7)13-4-3-9(12)15;1-2/h1-2,5H,3-4H2,(H2,12,15)(H,13,14);1-2H3. The minimum absolute atomic E-state index is 0.269. The Morgan fingerprint density at radius 2 is 2.22 bits per heavy atom. The Labute approximate surface area is 114 Å². The number of hydrogen-bond acceptors (Lipinski definition) is 4. The van der Waals surface area contributed by atoms with Crippen LogP contribution in [0.1, 0.15) is 20.3 Å². The number of rotatable bonds is 4. The lowest BCUT2D eigenvalue weighted by molar-refractivity contribution is -0.117. The third kappa shape index (κ3) is 3.73. The normalized spacial score (nSPS) is 9.72. The number of nitrogens with one attached hydrogen (secondary N) is 1. The molecular formula is C12H16BrN3O2. The molecule has 2 aromatic rings. The number of carbonyl (C=O) groups is 1. The van der Waals surface area contributed by atoms with Crippen LogP contribution in [0.4, 0.5) is 5.82 Å². The van der Waals surface area contributed by atoms with Crippen molar-refractivity contribution in [3.63, 3.8) is 0 Å². The van der Waals surface area contributed by atoms with E-state index in [0.29, 0.717) is 17.9 Å². The largest absolute Gasteiger partial charge is 0.370 e. The summed E-state index contributed by atoms with van der Waals surface area (Å²) < 4.78 is 6.06. The van der Waals surface area contributed by atoms with Crippen LogP contribution in [0.5, 0.6) is 0 Å². The van der Waals surface area contributed by atoms with Gasteiger partial charge >= 0.3 is 0 Å². The van der Waals surface area contributed by atoms with Crippen LogP contribution in [-0.2, 0) is 4.79 Å². The number of amides is 1. The minimum atomic E-state index is -0.344. The number of nitrogens with two attached hydrogens (primary N) is 1. The third-order valence-electron chi connectivity index (χ3n) is 2.10. The number of nitrogens with zero attached hydrogens (tertiary/aromatic N) is 1. The Kier molecular flexibility index (Phi) is 5.64. The molecule has 1 aromatic carbocycles. The molecule has 0 fully saturated rings. The maximum atomic E-state index is 10.6. The van der Waals surface area contributed by atoms with Crippen molar-refractivity contribution in [3.8, 4) is 0 Å². The van der Waals surface area contributed by atoms with Gasteiger partial charge in [0, 0.05) is 17.4 Å². The van der Waals surface area contributed by atoms with Crippen LogP contribution < -0.4 is 11.1 Å². The average Bonchev–Trinajstić information content (AvgIpc) is 2.74. The highest BCUT2D eigenvalue weighted by molar-refractivity contribution is 9.10. The molecule has 5 nitrogen and oxygen atoms in total. The molecule has 1 aromatic heterocycles. The van der Waals surface area contributed by atoms with Gasteiger partial charge in [-0.25, -0.2) is 0 Å². The molecule has 0 saturated carbocycles. The molecule has 6 heteroatoms. The van der Waals surface area contributed by atoms with E-state index in [9.17, 15) is 4.79 Å². The first-order valence-electron chi connectivity index (χ1n) is 5.74. The number of hydrogen-bond donors (Lipinski definition) is 2. The average molecular weight is 314 g/mol. The van der Waals surface area contributed by atoms with E-state index in [4.69, 9.17) is 10.3 Å². The van der Waals surface area contributed by atoms with Crippen molar-refractivity contribution in [2.75, 3.05) is 11.9 Å². The predicted molar refractivity (Wildman–Crippen MR) is 75.4 cm³/mol. The molecular weight excluding hydrogens is 298 g/mol. The SMILES string of the molecule is CC.NC(=O)CCNc1noc2cc(Br)ccc12. The summed E-state index contributed by atoms with van der Waals surface area (Å²) in [4.78, 5) is 10.6. The third-order valence-corrected chi connectivity index (χ3v) is 2.59. The Balaban J connectivity index is 0.000000771. The molecule has 0 unspecified atom stereocenters. The lowest BCUT2D eigenvalue weighted by atomic mass is 10.2. The zero-order chi connectivity index (χ0) is 13.5. The lowest BCUT2D eigenvalue weighted by Crippen LogP contribution is -2.15. The summed E-state index contributed by atoms with van der Waals surface area (Å²) >= 11 is 3.34. The molecule has 0 aliphatic carbocycles. The van der Waals surface area contributed by atoms with Gasteiger partial charge in [-0.05, 0) is 18.2 Å². The van der Waals surface area contributed by atoms with Gasteiger partial charge in [0.25, 0.3) is 0 Å². The minimum Gasteiger partial charge on any atom is -0.370 e. The van der Waals surface area contributed by atoms with Crippen LogP contribution in [0.25, 0.3) is 11.0 Å². The summed E-state index contributed by atoms with van der Waals surface area (Å²) in [5.41, 5.74) is 5.73. The van der Waals surface area contributed by atoms with Crippen LogP contribution in [0.15, 0.2) is 27.2 Å². The maximum absolute atomic E-state index is 10.6. The second-order valence-electron chi connectivity index (χ2n) is 3.31. The fourth-order valence-electron chi connectivity index (χ4n) is 1.34. The van der Waals surface area contributed by atoms with Crippen molar-refractivity contribution in [1.29, 1.82) is 0 Å². The van der Waals surface area contributed by atoms with Crippen LogP contribution >= 0.6 is 15.9 Å². The number of aromatic nitrogens is 1. The van der Waals surface area contributed by atoms with Gasteiger partial charge < -0.3 is 15.6 Å². The predicted octanol–water partition coefficient (Wildman–Crippen LogP) is 2.90. The van der Waals surface area contributed by atoms with Crippen molar-refractivity contribution in [3.05, 3.63) is 22.7 Å². The Morgan fingerprint density at radius 1 is 1.50 bits per heavy atom. The first kappa shape index (κ1) is 14.5. The van der Waals surface area contributed by atoms with Gasteiger partial charge in [0.1, 0.15) is 0 Å². The van der Waals surface area contributed by atoms with Crippen LogP contribution in [0, 0.1) is 0 Å². The van der Waals surface area contributed by atoms with Gasteiger partial charge in [0.15, 0.2) is 11.4 Å². The molecule has 0 saturated heterocycles. The second kappa shape index (κ2) is 7.00. The van der Waals surface area contributed by atoms with Gasteiger partial charge in [-0.1, -0.05) is 34.9 Å². The fraction of sp³-hybridized carbons (Fsp3) is 0.333. The summed E-state index contributed by atoms with van der Waals surface area (Å²) in [6.07, 6.45) is 0.269. The molecule has 0 radical (unpaired) electrons. The maximum Gasteiger partial charge on any atom is 0.219 e. The van der Waals surface area contributed by atoms with E-state index >= 15 is 0 Å². The van der Waals surface area contributed by atoms with Crippen molar-refractivity contribution in [2.45, 2.75) is 20.3 Å². The first-order chi connectivity index (χ1) is 8.66. The number of benzene rings is 1. The summed E-state index contributed by atoms with van der Waals surface area (Å²) in [5, 5.41) is 7.75. The number of fused-ring (bicyclic) bond motifs is 1. The van der Waals surface area contributed by atoms with E-state index in [2.05, 4.69) is 26.4 Å². The van der Waals surface area contributed by atoms with Crippen LogP contribution in [-0.4, -0.2) is 17.6 Å². The van der Waals surface area contributed by atoms with Crippen molar-refractivity contribution >= 4 is 38.6 Å². The molecule has 98 valence electrons. The fourth-order valence-corrected chi connectivity index (χ4v) is 1.68. The first-order valence-corrected chi connectivity index (χ1v) is 6.53. The Hall–Kier alpha value is -1.56. The van der Waals surface area contributed by atoms with E-state index in [1.54, 1.807) is 0 Å². The summed E-state index contributed by atoms with van der Waals surface area (Å²) in [5.74, 6) is 0.284. The number of carbonyl (C=O) groups excluding carboxylic acids is 1. The van der Waals surface area contributed by atoms with Crippen molar-refractivity contribution < 1.29 is 9.32 Å². The number of anilines is 1. The van der Waals surface area contributed by atoms with Gasteiger partial charge in [0.05, 0.1) is 5.39 Å². The van der Waals surface area contributed by atoms with Gasteiger partial charge in [0.2, 0.25) is 5.91 Å². The van der Waals surface area contributed by atoms with Crippen molar-refractivity contribution in [1.82, 2.24) is 5.16 Å². The van der Waals surface area contributed by atoms with Crippen LogP contribution in [0.3, 0.4) is 0 Å². The highest BCUT2D eigenvalue weighted by Gasteiger charge is 2.07. The quantitative estimate of drug-likeness (QED) is 0.909. The molecule has 1 amide bonds. The lowest BCUT2D eigenvalue weighted by Gasteiger charge is -1.99. The molecule has 1 heterocycles. The molecule has 0 aliphatic heterocycles. The van der Waals surface area contributed by atoms with E-state index < -0.39 is 0 Å².